The fourth-order valence-electron chi connectivity index (χ4n) is 1.82. The molecule has 0 heterocycles. The fraction of sp³-hybridized carbons (Fsp3) is 0.462. The molecule has 0 spiro atoms. The molecule has 0 saturated heterocycles. The summed E-state index contributed by atoms with van der Waals surface area (Å²) >= 11 is 5.97. The summed E-state index contributed by atoms with van der Waals surface area (Å²) in [7, 11) is 1.90. The number of benzene rings is 1. The lowest BCUT2D eigenvalue weighted by Gasteiger charge is -2.31. The van der Waals surface area contributed by atoms with Gasteiger partial charge in [-0.2, -0.15) is 0 Å². The summed E-state index contributed by atoms with van der Waals surface area (Å²) in [5, 5.41) is 0.576. The predicted octanol–water partition coefficient (Wildman–Crippen LogP) is 1.86. The van der Waals surface area contributed by atoms with Gasteiger partial charge in [-0.15, -0.1) is 0 Å². The highest BCUT2D eigenvalue weighted by molar-refractivity contribution is 6.31. The third kappa shape index (κ3) is 3.62. The van der Waals surface area contributed by atoms with Crippen LogP contribution in [-0.4, -0.2) is 26.0 Å². The molecule has 0 bridgehead atoms. The van der Waals surface area contributed by atoms with E-state index in [2.05, 4.69) is 13.8 Å². The van der Waals surface area contributed by atoms with Crippen LogP contribution in [0.2, 0.25) is 5.02 Å². The number of primary amides is 1. The highest BCUT2D eigenvalue weighted by atomic mass is 35.5. The Morgan fingerprint density at radius 2 is 2.06 bits per heavy atom. The van der Waals surface area contributed by atoms with Gasteiger partial charge in [0.15, 0.2) is 0 Å². The largest absolute Gasteiger partial charge is 0.373 e. The maximum absolute atomic E-state index is 11.4. The van der Waals surface area contributed by atoms with Crippen LogP contribution in [0.4, 0.5) is 5.69 Å². The summed E-state index contributed by atoms with van der Waals surface area (Å²) in [5.74, 6) is -0.459. The van der Waals surface area contributed by atoms with Gasteiger partial charge in [0.25, 0.3) is 5.91 Å². The zero-order valence-electron chi connectivity index (χ0n) is 11.0. The quantitative estimate of drug-likeness (QED) is 0.857. The number of halogens is 1. The normalized spacial score (nSPS) is 11.4. The lowest BCUT2D eigenvalue weighted by atomic mass is 9.93. The van der Waals surface area contributed by atoms with Crippen LogP contribution in [0.3, 0.4) is 0 Å². The van der Waals surface area contributed by atoms with Crippen molar-refractivity contribution in [2.45, 2.75) is 13.8 Å². The summed E-state index contributed by atoms with van der Waals surface area (Å²) < 4.78 is 0. The number of nitrogens with zero attached hydrogens (tertiary/aromatic N) is 1. The van der Waals surface area contributed by atoms with Gasteiger partial charge in [-0.25, -0.2) is 0 Å². The molecule has 0 saturated carbocycles. The lowest BCUT2D eigenvalue weighted by Crippen LogP contribution is -2.37. The third-order valence-corrected chi connectivity index (χ3v) is 3.09. The van der Waals surface area contributed by atoms with Crippen molar-refractivity contribution < 1.29 is 4.79 Å². The monoisotopic (exact) mass is 269 g/mol. The van der Waals surface area contributed by atoms with Gasteiger partial charge in [0.1, 0.15) is 0 Å². The first-order chi connectivity index (χ1) is 8.26. The van der Waals surface area contributed by atoms with E-state index in [1.807, 2.05) is 11.9 Å². The number of rotatable bonds is 5. The molecule has 0 fully saturated rings. The molecule has 0 aromatic heterocycles. The van der Waals surface area contributed by atoms with Gasteiger partial charge in [-0.05, 0) is 30.2 Å². The van der Waals surface area contributed by atoms with E-state index in [1.54, 1.807) is 18.2 Å². The Morgan fingerprint density at radius 1 is 1.44 bits per heavy atom. The molecule has 0 radical (unpaired) electrons. The van der Waals surface area contributed by atoms with Crippen molar-refractivity contribution in [2.24, 2.45) is 16.9 Å². The molecule has 18 heavy (non-hydrogen) atoms. The Hall–Kier alpha value is -1.26. The minimum absolute atomic E-state index is 0.0496. The third-order valence-electron chi connectivity index (χ3n) is 2.85. The Balaban J connectivity index is 3.07. The molecular formula is C13H20ClN3O. The molecular weight excluding hydrogens is 250 g/mol. The van der Waals surface area contributed by atoms with Crippen LogP contribution in [0.5, 0.6) is 0 Å². The molecule has 1 amide bonds. The number of hydrogen-bond donors (Lipinski definition) is 2. The summed E-state index contributed by atoms with van der Waals surface area (Å²) in [6.07, 6.45) is 0. The lowest BCUT2D eigenvalue weighted by molar-refractivity contribution is 0.100. The molecule has 4 nitrogen and oxygen atoms in total. The zero-order valence-corrected chi connectivity index (χ0v) is 11.8. The number of amides is 1. The van der Waals surface area contributed by atoms with Crippen LogP contribution in [-0.2, 0) is 0 Å². The minimum Gasteiger partial charge on any atom is -0.373 e. The Labute approximate surface area is 113 Å². The first-order valence-electron chi connectivity index (χ1n) is 5.77. The van der Waals surface area contributed by atoms with Crippen LogP contribution in [0.1, 0.15) is 24.2 Å². The molecule has 0 unspecified atom stereocenters. The van der Waals surface area contributed by atoms with Crippen LogP contribution in [0.15, 0.2) is 18.2 Å². The van der Waals surface area contributed by atoms with E-state index in [-0.39, 0.29) is 5.41 Å². The Morgan fingerprint density at radius 3 is 2.56 bits per heavy atom. The summed E-state index contributed by atoms with van der Waals surface area (Å²) in [6, 6.07) is 5.05. The van der Waals surface area contributed by atoms with E-state index in [1.165, 1.54) is 0 Å². The van der Waals surface area contributed by atoms with Crippen LogP contribution >= 0.6 is 11.6 Å². The van der Waals surface area contributed by atoms with Crippen molar-refractivity contribution in [1.82, 2.24) is 0 Å². The number of anilines is 1. The molecule has 1 rings (SSSR count). The van der Waals surface area contributed by atoms with E-state index >= 15 is 0 Å². The van der Waals surface area contributed by atoms with Gasteiger partial charge in [0, 0.05) is 18.6 Å². The molecule has 1 aromatic carbocycles. The molecule has 100 valence electrons. The highest BCUT2D eigenvalue weighted by Gasteiger charge is 2.21. The molecule has 5 heteroatoms. The van der Waals surface area contributed by atoms with Crippen LogP contribution < -0.4 is 16.4 Å². The first kappa shape index (κ1) is 14.8. The van der Waals surface area contributed by atoms with E-state index in [0.29, 0.717) is 23.7 Å². The SMILES string of the molecule is CN(CC(C)(C)CN)c1cc(Cl)ccc1C(N)=O. The van der Waals surface area contributed by atoms with E-state index in [0.717, 1.165) is 5.69 Å². The topological polar surface area (TPSA) is 72.3 Å². The number of carbonyl (C=O) groups is 1. The average molecular weight is 270 g/mol. The first-order valence-corrected chi connectivity index (χ1v) is 6.15. The van der Waals surface area contributed by atoms with Crippen LogP contribution in [0, 0.1) is 5.41 Å². The van der Waals surface area contributed by atoms with Crippen molar-refractivity contribution in [3.05, 3.63) is 28.8 Å². The van der Waals surface area contributed by atoms with Crippen molar-refractivity contribution >= 4 is 23.2 Å². The molecule has 0 aliphatic heterocycles. The smallest absolute Gasteiger partial charge is 0.250 e. The van der Waals surface area contributed by atoms with Gasteiger partial charge in [-0.1, -0.05) is 25.4 Å². The average Bonchev–Trinajstić information content (AvgIpc) is 2.28. The summed E-state index contributed by atoms with van der Waals surface area (Å²) in [4.78, 5) is 13.4. The molecule has 0 aliphatic carbocycles. The standard InChI is InChI=1S/C13H20ClN3O/c1-13(2,7-15)8-17(3)11-6-9(14)4-5-10(11)12(16)18/h4-6H,7-8,15H2,1-3H3,(H2,16,18). The molecule has 0 atom stereocenters. The summed E-state index contributed by atoms with van der Waals surface area (Å²) in [5.41, 5.74) is 12.2. The van der Waals surface area contributed by atoms with Gasteiger partial charge >= 0.3 is 0 Å². The number of hydrogen-bond acceptors (Lipinski definition) is 3. The highest BCUT2D eigenvalue weighted by Crippen LogP contribution is 2.26. The maximum Gasteiger partial charge on any atom is 0.250 e. The molecule has 0 aliphatic rings. The van der Waals surface area contributed by atoms with Crippen LogP contribution in [0.25, 0.3) is 0 Å². The fourth-order valence-corrected chi connectivity index (χ4v) is 1.99. The number of nitrogens with two attached hydrogens (primary N) is 2. The second-order valence-electron chi connectivity index (χ2n) is 5.25. The predicted molar refractivity (Wildman–Crippen MR) is 76.1 cm³/mol. The van der Waals surface area contributed by atoms with Crippen molar-refractivity contribution in [3.63, 3.8) is 0 Å². The van der Waals surface area contributed by atoms with Crippen molar-refractivity contribution in [2.75, 3.05) is 25.0 Å². The minimum atomic E-state index is -0.459. The zero-order chi connectivity index (χ0) is 13.9. The Bertz CT molecular complexity index is 446. The number of carbonyl (C=O) groups excluding carboxylic acids is 1. The Kier molecular flexibility index (Phi) is 4.59. The second-order valence-corrected chi connectivity index (χ2v) is 5.69. The summed E-state index contributed by atoms with van der Waals surface area (Å²) in [6.45, 7) is 5.41. The van der Waals surface area contributed by atoms with Gasteiger partial charge in [0.05, 0.1) is 11.3 Å². The van der Waals surface area contributed by atoms with E-state index in [4.69, 9.17) is 23.1 Å². The maximum atomic E-state index is 11.4. The van der Waals surface area contributed by atoms with Crippen molar-refractivity contribution in [1.29, 1.82) is 0 Å². The van der Waals surface area contributed by atoms with Crippen molar-refractivity contribution in [3.8, 4) is 0 Å². The van der Waals surface area contributed by atoms with E-state index < -0.39 is 5.91 Å². The van der Waals surface area contributed by atoms with Gasteiger partial charge < -0.3 is 16.4 Å². The van der Waals surface area contributed by atoms with Gasteiger partial charge in [0.2, 0.25) is 0 Å². The second kappa shape index (κ2) is 5.59. The van der Waals surface area contributed by atoms with Gasteiger partial charge in [-0.3, -0.25) is 4.79 Å². The van der Waals surface area contributed by atoms with E-state index in [9.17, 15) is 4.79 Å². The molecule has 1 aromatic rings. The molecule has 4 N–H and O–H groups in total.